The maximum Gasteiger partial charge on any atom is 0.390 e. The second-order valence-electron chi connectivity index (χ2n) is 4.32. The molecule has 0 radical (unpaired) electrons. The van der Waals surface area contributed by atoms with E-state index in [1.54, 1.807) is 18.4 Å². The van der Waals surface area contributed by atoms with Crippen molar-refractivity contribution in [2.24, 2.45) is 0 Å². The Morgan fingerprint density at radius 3 is 2.67 bits per heavy atom. The molecule has 2 heterocycles. The third kappa shape index (κ3) is 5.18. The van der Waals surface area contributed by atoms with E-state index in [2.05, 4.69) is 4.72 Å². The highest BCUT2D eigenvalue weighted by molar-refractivity contribution is 7.89. The fraction of sp³-hybridized carbons (Fsp3) is 0.333. The molecule has 0 amide bonds. The second kappa shape index (κ2) is 6.20. The van der Waals surface area contributed by atoms with Gasteiger partial charge in [-0.1, -0.05) is 0 Å². The molecule has 0 spiro atoms. The van der Waals surface area contributed by atoms with Gasteiger partial charge < -0.3 is 4.42 Å². The Bertz CT molecular complexity index is 675. The van der Waals surface area contributed by atoms with Crippen molar-refractivity contribution in [1.82, 2.24) is 4.72 Å². The maximum atomic E-state index is 12.0. The first-order valence-corrected chi connectivity index (χ1v) is 8.42. The number of furan rings is 1. The van der Waals surface area contributed by atoms with E-state index in [1.165, 1.54) is 17.6 Å². The van der Waals surface area contributed by atoms with Gasteiger partial charge in [0.2, 0.25) is 10.0 Å². The van der Waals surface area contributed by atoms with Crippen molar-refractivity contribution >= 4 is 21.4 Å². The van der Waals surface area contributed by atoms with E-state index in [4.69, 9.17) is 4.42 Å². The van der Waals surface area contributed by atoms with Crippen molar-refractivity contribution < 1.29 is 26.0 Å². The molecular weight excluding hydrogens is 327 g/mol. The number of halogens is 3. The summed E-state index contributed by atoms with van der Waals surface area (Å²) >= 11 is 1.32. The number of sulfonamides is 1. The van der Waals surface area contributed by atoms with Crippen LogP contribution in [0.3, 0.4) is 0 Å². The standard InChI is InChI=1S/C12H12F3NO3S2/c13-12(14,15)2-4-21(17,18)16-6-11-5-10(8-20-11)9-1-3-19-7-9/h1,3,5,7-8,16H,2,4,6H2. The lowest BCUT2D eigenvalue weighted by Crippen LogP contribution is -2.28. The van der Waals surface area contributed by atoms with Gasteiger partial charge in [-0.15, -0.1) is 11.3 Å². The number of alkyl halides is 3. The molecule has 116 valence electrons. The van der Waals surface area contributed by atoms with Crippen molar-refractivity contribution in [3.63, 3.8) is 0 Å². The van der Waals surface area contributed by atoms with Crippen molar-refractivity contribution in [1.29, 1.82) is 0 Å². The maximum absolute atomic E-state index is 12.0. The van der Waals surface area contributed by atoms with Crippen LogP contribution in [0, 0.1) is 0 Å². The lowest BCUT2D eigenvalue weighted by molar-refractivity contribution is -0.129. The lowest BCUT2D eigenvalue weighted by Gasteiger charge is -2.07. The van der Waals surface area contributed by atoms with Crippen LogP contribution in [0.15, 0.2) is 34.5 Å². The summed E-state index contributed by atoms with van der Waals surface area (Å²) in [5.74, 6) is -0.962. The smallest absolute Gasteiger partial charge is 0.390 e. The average Bonchev–Trinajstić information content (AvgIpc) is 3.04. The molecule has 0 bridgehead atoms. The zero-order chi connectivity index (χ0) is 15.5. The van der Waals surface area contributed by atoms with Crippen LogP contribution >= 0.6 is 11.3 Å². The molecule has 2 aromatic heterocycles. The molecule has 0 saturated heterocycles. The minimum absolute atomic E-state index is 0.0251. The van der Waals surface area contributed by atoms with Gasteiger partial charge in [-0.25, -0.2) is 13.1 Å². The highest BCUT2D eigenvalue weighted by Gasteiger charge is 2.29. The molecule has 9 heteroatoms. The first-order chi connectivity index (χ1) is 9.75. The lowest BCUT2D eigenvalue weighted by atomic mass is 10.2. The number of hydrogen-bond acceptors (Lipinski definition) is 4. The molecule has 21 heavy (non-hydrogen) atoms. The second-order valence-corrected chi connectivity index (χ2v) is 7.24. The zero-order valence-corrected chi connectivity index (χ0v) is 12.3. The Hall–Kier alpha value is -1.32. The monoisotopic (exact) mass is 339 g/mol. The van der Waals surface area contributed by atoms with Crippen LogP contribution < -0.4 is 4.72 Å². The van der Waals surface area contributed by atoms with Crippen LogP contribution in [0.25, 0.3) is 11.1 Å². The summed E-state index contributed by atoms with van der Waals surface area (Å²) in [4.78, 5) is 0.710. The largest absolute Gasteiger partial charge is 0.472 e. The predicted octanol–water partition coefficient (Wildman–Crippen LogP) is 3.38. The van der Waals surface area contributed by atoms with Crippen molar-refractivity contribution in [3.05, 3.63) is 34.9 Å². The third-order valence-electron chi connectivity index (χ3n) is 2.63. The van der Waals surface area contributed by atoms with E-state index in [9.17, 15) is 21.6 Å². The SMILES string of the molecule is O=S(=O)(CCC(F)(F)F)NCc1cc(-c2ccoc2)cs1. The van der Waals surface area contributed by atoms with Crippen LogP contribution in [-0.2, 0) is 16.6 Å². The molecule has 0 aliphatic heterocycles. The number of thiophene rings is 1. The minimum Gasteiger partial charge on any atom is -0.472 e. The van der Waals surface area contributed by atoms with E-state index < -0.39 is 28.4 Å². The predicted molar refractivity (Wildman–Crippen MR) is 73.3 cm³/mol. The summed E-state index contributed by atoms with van der Waals surface area (Å²) in [7, 11) is -3.94. The number of hydrogen-bond donors (Lipinski definition) is 1. The summed E-state index contributed by atoms with van der Waals surface area (Å²) in [5, 5.41) is 1.82. The van der Waals surface area contributed by atoms with Gasteiger partial charge >= 0.3 is 6.18 Å². The summed E-state index contributed by atoms with van der Waals surface area (Å²) < 4.78 is 66.1. The molecule has 0 saturated carbocycles. The quantitative estimate of drug-likeness (QED) is 0.878. The molecule has 2 rings (SSSR count). The van der Waals surface area contributed by atoms with Gasteiger partial charge in [-0.3, -0.25) is 0 Å². The molecule has 2 aromatic rings. The van der Waals surface area contributed by atoms with Gasteiger partial charge in [0.05, 0.1) is 24.7 Å². The van der Waals surface area contributed by atoms with Gasteiger partial charge in [0.1, 0.15) is 0 Å². The van der Waals surface area contributed by atoms with Gasteiger partial charge in [-0.2, -0.15) is 13.2 Å². The number of nitrogens with one attached hydrogen (secondary N) is 1. The van der Waals surface area contributed by atoms with Crippen molar-refractivity contribution in [2.75, 3.05) is 5.75 Å². The Morgan fingerprint density at radius 1 is 1.29 bits per heavy atom. The normalized spacial score (nSPS) is 12.7. The van der Waals surface area contributed by atoms with Crippen molar-refractivity contribution in [3.8, 4) is 11.1 Å². The number of rotatable bonds is 6. The molecule has 1 N–H and O–H groups in total. The molecule has 0 aromatic carbocycles. The highest BCUT2D eigenvalue weighted by Crippen LogP contribution is 2.26. The summed E-state index contributed by atoms with van der Waals surface area (Å²) in [5.41, 5.74) is 1.73. The highest BCUT2D eigenvalue weighted by atomic mass is 32.2. The van der Waals surface area contributed by atoms with Gasteiger partial charge in [-0.05, 0) is 23.1 Å². The molecule has 0 fully saturated rings. The minimum atomic E-state index is -4.48. The molecule has 4 nitrogen and oxygen atoms in total. The van der Waals surface area contributed by atoms with E-state index in [-0.39, 0.29) is 6.54 Å². The third-order valence-corrected chi connectivity index (χ3v) is 4.89. The Kier molecular flexibility index (Phi) is 4.74. The average molecular weight is 339 g/mol. The fourth-order valence-corrected chi connectivity index (χ4v) is 3.50. The van der Waals surface area contributed by atoms with E-state index in [0.29, 0.717) is 4.88 Å². The molecule has 0 aliphatic rings. The summed E-state index contributed by atoms with van der Waals surface area (Å²) in [6.07, 6.45) is -2.76. The van der Waals surface area contributed by atoms with Crippen LogP contribution in [0.5, 0.6) is 0 Å². The molecular formula is C12H12F3NO3S2. The first kappa shape index (κ1) is 16.1. The molecule has 0 aliphatic carbocycles. The van der Waals surface area contributed by atoms with E-state index in [1.807, 2.05) is 5.38 Å². The Balaban J connectivity index is 1.91. The summed E-state index contributed by atoms with van der Waals surface area (Å²) in [6.45, 7) is -0.0251. The topological polar surface area (TPSA) is 59.3 Å². The Labute approximate surface area is 123 Å². The fourth-order valence-electron chi connectivity index (χ4n) is 1.56. The van der Waals surface area contributed by atoms with Crippen LogP contribution in [-0.4, -0.2) is 20.3 Å². The Morgan fingerprint density at radius 2 is 2.05 bits per heavy atom. The summed E-state index contributed by atoms with van der Waals surface area (Å²) in [6, 6.07) is 3.53. The van der Waals surface area contributed by atoms with Gasteiger partial charge in [0.15, 0.2) is 0 Å². The van der Waals surface area contributed by atoms with E-state index >= 15 is 0 Å². The zero-order valence-electron chi connectivity index (χ0n) is 10.7. The van der Waals surface area contributed by atoms with Gasteiger partial charge in [0.25, 0.3) is 0 Å². The van der Waals surface area contributed by atoms with Crippen LogP contribution in [0.2, 0.25) is 0 Å². The van der Waals surface area contributed by atoms with Crippen molar-refractivity contribution in [2.45, 2.75) is 19.1 Å². The van der Waals surface area contributed by atoms with E-state index in [0.717, 1.165) is 11.1 Å². The molecule has 0 atom stereocenters. The van der Waals surface area contributed by atoms with Crippen LogP contribution in [0.4, 0.5) is 13.2 Å². The molecule has 0 unspecified atom stereocenters. The van der Waals surface area contributed by atoms with Crippen LogP contribution in [0.1, 0.15) is 11.3 Å². The first-order valence-electron chi connectivity index (χ1n) is 5.89. The van der Waals surface area contributed by atoms with Gasteiger partial charge in [0, 0.05) is 17.0 Å².